The van der Waals surface area contributed by atoms with E-state index in [2.05, 4.69) is 17.6 Å². The Morgan fingerprint density at radius 3 is 2.54 bits per heavy atom. The summed E-state index contributed by atoms with van der Waals surface area (Å²) in [6, 6.07) is 7.74. The molecule has 5 nitrogen and oxygen atoms in total. The van der Waals surface area contributed by atoms with Crippen LogP contribution in [0.25, 0.3) is 0 Å². The van der Waals surface area contributed by atoms with Gasteiger partial charge in [0.05, 0.1) is 6.54 Å². The Morgan fingerprint density at radius 2 is 1.81 bits per heavy atom. The summed E-state index contributed by atoms with van der Waals surface area (Å²) in [6.45, 7) is 4.23. The van der Waals surface area contributed by atoms with Gasteiger partial charge in [0.1, 0.15) is 0 Å². The third-order valence-electron chi connectivity index (χ3n) is 5.65. The molecule has 2 N–H and O–H groups in total. The molecule has 3 rings (SSSR count). The fourth-order valence-electron chi connectivity index (χ4n) is 3.83. The Kier molecular flexibility index (Phi) is 6.53. The monoisotopic (exact) mass is 357 g/mol. The molecule has 2 amide bonds. The highest BCUT2D eigenvalue weighted by atomic mass is 16.2. The lowest BCUT2D eigenvalue weighted by atomic mass is 9.95. The molecule has 5 heteroatoms. The Labute approximate surface area is 156 Å². The maximum atomic E-state index is 12.5. The largest absolute Gasteiger partial charge is 0.376 e. The maximum Gasteiger partial charge on any atom is 0.251 e. The van der Waals surface area contributed by atoms with Crippen LogP contribution in [0.2, 0.25) is 0 Å². The molecule has 0 radical (unpaired) electrons. The number of nitrogens with zero attached hydrogens (tertiary/aromatic N) is 1. The number of nitrogens with one attached hydrogen (secondary N) is 2. The Bertz CT molecular complexity index is 617. The van der Waals surface area contributed by atoms with Crippen LogP contribution in [-0.4, -0.2) is 42.4 Å². The molecule has 1 aliphatic carbocycles. The number of carbonyl (C=O) groups is 2. The van der Waals surface area contributed by atoms with Gasteiger partial charge in [-0.15, -0.1) is 0 Å². The summed E-state index contributed by atoms with van der Waals surface area (Å²) >= 11 is 0. The Morgan fingerprint density at radius 1 is 1.08 bits per heavy atom. The van der Waals surface area contributed by atoms with E-state index in [1.165, 1.54) is 19.3 Å². The summed E-state index contributed by atoms with van der Waals surface area (Å²) in [5.41, 5.74) is 1.47. The van der Waals surface area contributed by atoms with Crippen LogP contribution in [0.4, 0.5) is 5.69 Å². The molecule has 2 aliphatic rings. The third-order valence-corrected chi connectivity index (χ3v) is 5.65. The van der Waals surface area contributed by atoms with Crippen molar-refractivity contribution >= 4 is 17.5 Å². The van der Waals surface area contributed by atoms with Crippen molar-refractivity contribution in [1.29, 1.82) is 0 Å². The number of hydrogen-bond acceptors (Lipinski definition) is 3. The number of benzene rings is 1. The molecular weight excluding hydrogens is 326 g/mol. The molecule has 0 atom stereocenters. The van der Waals surface area contributed by atoms with Crippen molar-refractivity contribution in [3.05, 3.63) is 29.8 Å². The second kappa shape index (κ2) is 9.06. The first-order valence-corrected chi connectivity index (χ1v) is 10.0. The van der Waals surface area contributed by atoms with Crippen molar-refractivity contribution in [3.8, 4) is 0 Å². The Hall–Kier alpha value is -2.04. The topological polar surface area (TPSA) is 61.4 Å². The van der Waals surface area contributed by atoms with Crippen LogP contribution in [0, 0.1) is 5.92 Å². The van der Waals surface area contributed by atoms with E-state index in [0.717, 1.165) is 44.5 Å². The van der Waals surface area contributed by atoms with Crippen molar-refractivity contribution in [2.24, 2.45) is 5.92 Å². The van der Waals surface area contributed by atoms with Crippen LogP contribution in [-0.2, 0) is 4.79 Å². The normalized spacial score (nSPS) is 19.2. The first-order chi connectivity index (χ1) is 12.6. The SMILES string of the molecule is CC1CCN(C(=O)CNc2cccc(C(=O)NC3CCCCC3)c2)CC1. The zero-order valence-electron chi connectivity index (χ0n) is 15.8. The lowest BCUT2D eigenvalue weighted by Crippen LogP contribution is -2.40. The van der Waals surface area contributed by atoms with E-state index in [1.54, 1.807) is 0 Å². The molecule has 0 spiro atoms. The molecule has 142 valence electrons. The van der Waals surface area contributed by atoms with E-state index in [9.17, 15) is 9.59 Å². The van der Waals surface area contributed by atoms with E-state index in [1.807, 2.05) is 29.2 Å². The number of rotatable bonds is 5. The van der Waals surface area contributed by atoms with Crippen molar-refractivity contribution in [3.63, 3.8) is 0 Å². The number of anilines is 1. The van der Waals surface area contributed by atoms with E-state index in [4.69, 9.17) is 0 Å². The average Bonchev–Trinajstić information content (AvgIpc) is 2.67. The number of amides is 2. The van der Waals surface area contributed by atoms with Gasteiger partial charge in [0.25, 0.3) is 5.91 Å². The van der Waals surface area contributed by atoms with Crippen LogP contribution < -0.4 is 10.6 Å². The lowest BCUT2D eigenvalue weighted by Gasteiger charge is -2.30. The van der Waals surface area contributed by atoms with E-state index in [0.29, 0.717) is 17.5 Å². The fraction of sp³-hybridized carbons (Fsp3) is 0.619. The van der Waals surface area contributed by atoms with Gasteiger partial charge < -0.3 is 15.5 Å². The molecule has 1 heterocycles. The van der Waals surface area contributed by atoms with Gasteiger partial charge in [-0.1, -0.05) is 32.3 Å². The molecule has 0 bridgehead atoms. The molecule has 1 aliphatic heterocycles. The fourth-order valence-corrected chi connectivity index (χ4v) is 3.83. The van der Waals surface area contributed by atoms with Crippen molar-refractivity contribution in [2.75, 3.05) is 25.0 Å². The van der Waals surface area contributed by atoms with Gasteiger partial charge in [0.15, 0.2) is 0 Å². The number of carbonyl (C=O) groups excluding carboxylic acids is 2. The number of likely N-dealkylation sites (tertiary alicyclic amines) is 1. The molecule has 2 fully saturated rings. The molecule has 0 unspecified atom stereocenters. The maximum absolute atomic E-state index is 12.5. The predicted octanol–water partition coefficient (Wildman–Crippen LogP) is 3.42. The van der Waals surface area contributed by atoms with Gasteiger partial charge >= 0.3 is 0 Å². The van der Waals surface area contributed by atoms with Crippen molar-refractivity contribution in [1.82, 2.24) is 10.2 Å². The summed E-state index contributed by atoms with van der Waals surface area (Å²) in [4.78, 5) is 26.7. The molecule has 1 saturated carbocycles. The highest BCUT2D eigenvalue weighted by Crippen LogP contribution is 2.19. The standard InChI is InChI=1S/C21H31N3O2/c1-16-10-12-24(13-11-16)20(25)15-22-19-9-5-6-17(14-19)21(26)23-18-7-3-2-4-8-18/h5-6,9,14,16,18,22H,2-4,7-8,10-13,15H2,1H3,(H,23,26). The van der Waals surface area contributed by atoms with Crippen LogP contribution >= 0.6 is 0 Å². The highest BCUT2D eigenvalue weighted by molar-refractivity contribution is 5.95. The Balaban J connectivity index is 1.50. The number of piperidine rings is 1. The van der Waals surface area contributed by atoms with Gasteiger partial charge in [0.2, 0.25) is 5.91 Å². The minimum absolute atomic E-state index is 0.0168. The predicted molar refractivity (Wildman–Crippen MR) is 104 cm³/mol. The van der Waals surface area contributed by atoms with E-state index in [-0.39, 0.29) is 18.4 Å². The van der Waals surface area contributed by atoms with Crippen molar-refractivity contribution < 1.29 is 9.59 Å². The van der Waals surface area contributed by atoms with Gasteiger partial charge in [-0.3, -0.25) is 9.59 Å². The van der Waals surface area contributed by atoms with Gasteiger partial charge in [-0.25, -0.2) is 0 Å². The minimum Gasteiger partial charge on any atom is -0.376 e. The molecule has 1 aromatic rings. The second-order valence-electron chi connectivity index (χ2n) is 7.81. The average molecular weight is 357 g/mol. The minimum atomic E-state index is -0.0168. The first kappa shape index (κ1) is 18.7. The quantitative estimate of drug-likeness (QED) is 0.849. The summed E-state index contributed by atoms with van der Waals surface area (Å²) in [5.74, 6) is 0.831. The number of hydrogen-bond donors (Lipinski definition) is 2. The summed E-state index contributed by atoms with van der Waals surface area (Å²) in [7, 11) is 0. The molecule has 1 saturated heterocycles. The highest BCUT2D eigenvalue weighted by Gasteiger charge is 2.20. The third kappa shape index (κ3) is 5.23. The summed E-state index contributed by atoms with van der Waals surface area (Å²) < 4.78 is 0. The van der Waals surface area contributed by atoms with Crippen LogP contribution in [0.15, 0.2) is 24.3 Å². The first-order valence-electron chi connectivity index (χ1n) is 10.0. The van der Waals surface area contributed by atoms with Gasteiger partial charge in [-0.2, -0.15) is 0 Å². The van der Waals surface area contributed by atoms with E-state index < -0.39 is 0 Å². The molecular formula is C21H31N3O2. The van der Waals surface area contributed by atoms with Gasteiger partial charge in [0, 0.05) is 30.4 Å². The summed E-state index contributed by atoms with van der Waals surface area (Å²) in [5, 5.41) is 6.32. The van der Waals surface area contributed by atoms with Crippen LogP contribution in [0.3, 0.4) is 0 Å². The molecule has 26 heavy (non-hydrogen) atoms. The lowest BCUT2D eigenvalue weighted by molar-refractivity contribution is -0.130. The zero-order valence-corrected chi connectivity index (χ0v) is 15.8. The van der Waals surface area contributed by atoms with Crippen molar-refractivity contribution in [2.45, 2.75) is 57.9 Å². The summed E-state index contributed by atoms with van der Waals surface area (Å²) in [6.07, 6.45) is 7.99. The molecule has 1 aromatic carbocycles. The second-order valence-corrected chi connectivity index (χ2v) is 7.81. The smallest absolute Gasteiger partial charge is 0.251 e. The van der Waals surface area contributed by atoms with Crippen LogP contribution in [0.1, 0.15) is 62.2 Å². The van der Waals surface area contributed by atoms with Crippen LogP contribution in [0.5, 0.6) is 0 Å². The van der Waals surface area contributed by atoms with E-state index >= 15 is 0 Å². The molecule has 0 aromatic heterocycles. The van der Waals surface area contributed by atoms with Gasteiger partial charge in [-0.05, 0) is 49.8 Å². The zero-order chi connectivity index (χ0) is 18.4.